The first-order valence-corrected chi connectivity index (χ1v) is 9.58. The molecule has 3 rings (SSSR count). The van der Waals surface area contributed by atoms with Crippen LogP contribution in [0.5, 0.6) is 0 Å². The Morgan fingerprint density at radius 2 is 1.62 bits per heavy atom. The van der Waals surface area contributed by atoms with E-state index in [1.165, 1.54) is 0 Å². The number of hydrogen-bond acceptors (Lipinski definition) is 3. The summed E-state index contributed by atoms with van der Waals surface area (Å²) in [7, 11) is 0. The summed E-state index contributed by atoms with van der Waals surface area (Å²) in [5, 5.41) is 4.45. The van der Waals surface area contributed by atoms with Gasteiger partial charge >= 0.3 is 0 Å². The minimum atomic E-state index is -0.274. The van der Waals surface area contributed by atoms with Crippen LogP contribution in [0.2, 0.25) is 15.1 Å². The SMILES string of the molecule is C[C@@H](C(=O)Nc1c(Cl)cccc1Cl)N1CCN(c2cccc(Cl)c2)CC1. The summed E-state index contributed by atoms with van der Waals surface area (Å²) < 4.78 is 0. The molecule has 138 valence electrons. The third kappa shape index (κ3) is 4.44. The predicted octanol–water partition coefficient (Wildman–Crippen LogP) is 4.80. The van der Waals surface area contributed by atoms with Gasteiger partial charge in [0.1, 0.15) is 0 Å². The number of hydrogen-bond donors (Lipinski definition) is 1. The Balaban J connectivity index is 1.59. The number of amides is 1. The second kappa shape index (κ2) is 8.49. The first kappa shape index (κ1) is 19.3. The molecule has 1 amide bonds. The summed E-state index contributed by atoms with van der Waals surface area (Å²) in [4.78, 5) is 17.0. The van der Waals surface area contributed by atoms with Crippen LogP contribution in [0.3, 0.4) is 0 Å². The molecule has 0 spiro atoms. The number of benzene rings is 2. The van der Waals surface area contributed by atoms with Crippen molar-refractivity contribution in [1.29, 1.82) is 0 Å². The van der Waals surface area contributed by atoms with Gasteiger partial charge in [-0.15, -0.1) is 0 Å². The lowest BCUT2D eigenvalue weighted by atomic mass is 10.2. The van der Waals surface area contributed by atoms with Crippen molar-refractivity contribution < 1.29 is 4.79 Å². The highest BCUT2D eigenvalue weighted by Crippen LogP contribution is 2.30. The summed E-state index contributed by atoms with van der Waals surface area (Å²) in [6.07, 6.45) is 0. The zero-order valence-electron chi connectivity index (χ0n) is 14.4. The van der Waals surface area contributed by atoms with Crippen molar-refractivity contribution in [1.82, 2.24) is 4.90 Å². The van der Waals surface area contributed by atoms with Crippen LogP contribution in [0.4, 0.5) is 11.4 Å². The molecule has 0 bridgehead atoms. The fourth-order valence-corrected chi connectivity index (χ4v) is 3.73. The van der Waals surface area contributed by atoms with E-state index in [0.29, 0.717) is 15.7 Å². The Kier molecular flexibility index (Phi) is 6.30. The van der Waals surface area contributed by atoms with E-state index in [0.717, 1.165) is 36.9 Å². The van der Waals surface area contributed by atoms with E-state index in [9.17, 15) is 4.79 Å². The van der Waals surface area contributed by atoms with Gasteiger partial charge in [-0.2, -0.15) is 0 Å². The van der Waals surface area contributed by atoms with E-state index in [-0.39, 0.29) is 11.9 Å². The lowest BCUT2D eigenvalue weighted by Crippen LogP contribution is -2.52. The molecule has 0 unspecified atom stereocenters. The number of anilines is 2. The molecule has 2 aromatic carbocycles. The van der Waals surface area contributed by atoms with Crippen LogP contribution in [-0.4, -0.2) is 43.0 Å². The van der Waals surface area contributed by atoms with Crippen LogP contribution in [-0.2, 0) is 4.79 Å². The average molecular weight is 413 g/mol. The molecule has 0 aliphatic carbocycles. The molecule has 0 saturated carbocycles. The van der Waals surface area contributed by atoms with E-state index in [1.54, 1.807) is 18.2 Å². The maximum atomic E-state index is 12.6. The molecule has 4 nitrogen and oxygen atoms in total. The Bertz CT molecular complexity index is 771. The minimum Gasteiger partial charge on any atom is -0.369 e. The molecule has 0 aromatic heterocycles. The zero-order chi connectivity index (χ0) is 18.7. The van der Waals surface area contributed by atoms with Gasteiger partial charge in [-0.25, -0.2) is 0 Å². The fourth-order valence-electron chi connectivity index (χ4n) is 3.05. The number of para-hydroxylation sites is 1. The summed E-state index contributed by atoms with van der Waals surface area (Å²) in [6.45, 7) is 5.15. The molecule has 1 aliphatic rings. The van der Waals surface area contributed by atoms with Gasteiger partial charge in [-0.1, -0.05) is 46.9 Å². The quantitative estimate of drug-likeness (QED) is 0.784. The van der Waals surface area contributed by atoms with Crippen LogP contribution < -0.4 is 10.2 Å². The van der Waals surface area contributed by atoms with Gasteiger partial charge in [0.05, 0.1) is 21.8 Å². The Labute approximate surface area is 168 Å². The van der Waals surface area contributed by atoms with Crippen LogP contribution in [0.25, 0.3) is 0 Å². The number of piperazine rings is 1. The van der Waals surface area contributed by atoms with E-state index in [2.05, 4.69) is 21.2 Å². The highest BCUT2D eigenvalue weighted by Gasteiger charge is 2.26. The largest absolute Gasteiger partial charge is 0.369 e. The Morgan fingerprint density at radius 1 is 1.00 bits per heavy atom. The molecule has 1 fully saturated rings. The third-order valence-corrected chi connectivity index (χ3v) is 5.49. The van der Waals surface area contributed by atoms with Crippen LogP contribution >= 0.6 is 34.8 Å². The lowest BCUT2D eigenvalue weighted by Gasteiger charge is -2.38. The molecule has 2 aromatic rings. The minimum absolute atomic E-state index is 0.115. The molecule has 7 heteroatoms. The molecule has 26 heavy (non-hydrogen) atoms. The zero-order valence-corrected chi connectivity index (χ0v) is 16.7. The van der Waals surface area contributed by atoms with E-state index in [1.807, 2.05) is 25.1 Å². The molecule has 0 radical (unpaired) electrons. The normalized spacial score (nSPS) is 16.4. The maximum Gasteiger partial charge on any atom is 0.241 e. The lowest BCUT2D eigenvalue weighted by molar-refractivity contribution is -0.120. The van der Waals surface area contributed by atoms with Gasteiger partial charge in [0.2, 0.25) is 5.91 Å². The molecular formula is C19H20Cl3N3O. The molecule has 1 heterocycles. The monoisotopic (exact) mass is 411 g/mol. The van der Waals surface area contributed by atoms with Crippen molar-refractivity contribution in [2.24, 2.45) is 0 Å². The van der Waals surface area contributed by atoms with Gasteiger partial charge < -0.3 is 10.2 Å². The second-order valence-electron chi connectivity index (χ2n) is 6.26. The van der Waals surface area contributed by atoms with Crippen LogP contribution in [0.15, 0.2) is 42.5 Å². The molecule has 1 N–H and O–H groups in total. The van der Waals surface area contributed by atoms with Crippen molar-refractivity contribution in [2.75, 3.05) is 36.4 Å². The van der Waals surface area contributed by atoms with Crippen molar-refractivity contribution in [3.8, 4) is 0 Å². The first-order chi connectivity index (χ1) is 12.5. The molecule has 1 aliphatic heterocycles. The van der Waals surface area contributed by atoms with Crippen molar-refractivity contribution >= 4 is 52.1 Å². The van der Waals surface area contributed by atoms with Gasteiger partial charge in [-0.05, 0) is 37.3 Å². The average Bonchev–Trinajstić information content (AvgIpc) is 2.64. The van der Waals surface area contributed by atoms with Crippen LogP contribution in [0, 0.1) is 0 Å². The highest BCUT2D eigenvalue weighted by molar-refractivity contribution is 6.39. The number of rotatable bonds is 4. The van der Waals surface area contributed by atoms with Gasteiger partial charge in [-0.3, -0.25) is 9.69 Å². The van der Waals surface area contributed by atoms with Gasteiger partial charge in [0.15, 0.2) is 0 Å². The topological polar surface area (TPSA) is 35.6 Å². The summed E-state index contributed by atoms with van der Waals surface area (Å²) in [6, 6.07) is 12.7. The van der Waals surface area contributed by atoms with E-state index < -0.39 is 0 Å². The number of nitrogens with zero attached hydrogens (tertiary/aromatic N) is 2. The maximum absolute atomic E-state index is 12.6. The van der Waals surface area contributed by atoms with Crippen molar-refractivity contribution in [3.63, 3.8) is 0 Å². The molecule has 1 atom stereocenters. The van der Waals surface area contributed by atoms with Crippen molar-refractivity contribution in [3.05, 3.63) is 57.5 Å². The summed E-state index contributed by atoms with van der Waals surface area (Å²) >= 11 is 18.3. The number of nitrogens with one attached hydrogen (secondary N) is 1. The Hall–Kier alpha value is -1.46. The summed E-state index contributed by atoms with van der Waals surface area (Å²) in [5.74, 6) is -0.115. The van der Waals surface area contributed by atoms with E-state index >= 15 is 0 Å². The highest BCUT2D eigenvalue weighted by atomic mass is 35.5. The number of halogens is 3. The first-order valence-electron chi connectivity index (χ1n) is 8.45. The van der Waals surface area contributed by atoms with Gasteiger partial charge in [0.25, 0.3) is 0 Å². The second-order valence-corrected chi connectivity index (χ2v) is 7.52. The van der Waals surface area contributed by atoms with Crippen LogP contribution in [0.1, 0.15) is 6.92 Å². The molecule has 1 saturated heterocycles. The predicted molar refractivity (Wildman–Crippen MR) is 110 cm³/mol. The smallest absolute Gasteiger partial charge is 0.241 e. The summed E-state index contributed by atoms with van der Waals surface area (Å²) in [5.41, 5.74) is 1.57. The molecular weight excluding hydrogens is 393 g/mol. The standard InChI is InChI=1S/C19H20Cl3N3O/c1-13(19(26)23-18-16(21)6-3-7-17(18)22)24-8-10-25(11-9-24)15-5-2-4-14(20)12-15/h2-7,12-13H,8-11H2,1H3,(H,23,26)/t13-/m0/s1. The fraction of sp³-hybridized carbons (Fsp3) is 0.316. The van der Waals surface area contributed by atoms with E-state index in [4.69, 9.17) is 34.8 Å². The number of carbonyl (C=O) groups excluding carboxylic acids is 1. The third-order valence-electron chi connectivity index (χ3n) is 4.63. The van der Waals surface area contributed by atoms with Crippen molar-refractivity contribution in [2.45, 2.75) is 13.0 Å². The van der Waals surface area contributed by atoms with Gasteiger partial charge in [0, 0.05) is 36.9 Å². The Morgan fingerprint density at radius 3 is 2.23 bits per heavy atom. The number of carbonyl (C=O) groups is 1.